The zero-order chi connectivity index (χ0) is 23.8. The van der Waals surface area contributed by atoms with Crippen molar-refractivity contribution in [1.29, 1.82) is 0 Å². The number of nitrogens with one attached hydrogen (secondary N) is 2. The van der Waals surface area contributed by atoms with Crippen molar-refractivity contribution < 1.29 is 13.2 Å². The van der Waals surface area contributed by atoms with Crippen LogP contribution in [0.3, 0.4) is 0 Å². The molecule has 4 rings (SSSR count). The van der Waals surface area contributed by atoms with Crippen molar-refractivity contribution in [3.63, 3.8) is 0 Å². The highest BCUT2D eigenvalue weighted by Gasteiger charge is 2.19. The van der Waals surface area contributed by atoms with Gasteiger partial charge in [0.25, 0.3) is 15.6 Å². The van der Waals surface area contributed by atoms with Crippen molar-refractivity contribution in [2.24, 2.45) is 0 Å². The third-order valence-electron chi connectivity index (χ3n) is 4.72. The predicted octanol–water partition coefficient (Wildman–Crippen LogP) is 4.73. The molecular weight excluding hydrogens is 576 g/mol. The van der Waals surface area contributed by atoms with Crippen LogP contribution in [0.5, 0.6) is 0 Å². The summed E-state index contributed by atoms with van der Waals surface area (Å²) in [6.07, 6.45) is 0. The van der Waals surface area contributed by atoms with Crippen LogP contribution in [-0.4, -0.2) is 24.0 Å². The SMILES string of the molecule is Cc1nc2c(Br)cc(Br)cc2c(=O)n1-c1ccc(S(=O)(=O)NC(=O)Nc2ccccc2)cc1. The van der Waals surface area contributed by atoms with Crippen molar-refractivity contribution in [2.45, 2.75) is 11.8 Å². The molecule has 1 heterocycles. The molecule has 0 aliphatic rings. The van der Waals surface area contributed by atoms with Crippen molar-refractivity contribution in [1.82, 2.24) is 14.3 Å². The fourth-order valence-corrected chi connectivity index (χ4v) is 5.48. The van der Waals surface area contributed by atoms with Crippen molar-refractivity contribution in [3.8, 4) is 5.69 Å². The molecule has 0 aliphatic carbocycles. The first kappa shape index (κ1) is 23.1. The molecule has 0 fully saturated rings. The molecule has 0 aliphatic heterocycles. The number of rotatable bonds is 4. The Labute approximate surface area is 206 Å². The summed E-state index contributed by atoms with van der Waals surface area (Å²) in [7, 11) is -4.12. The van der Waals surface area contributed by atoms with Gasteiger partial charge in [-0.1, -0.05) is 34.1 Å². The maximum Gasteiger partial charge on any atom is 0.333 e. The molecule has 0 saturated heterocycles. The van der Waals surface area contributed by atoms with Gasteiger partial charge in [-0.2, -0.15) is 0 Å². The Bertz CT molecular complexity index is 1540. The predicted molar refractivity (Wildman–Crippen MR) is 133 cm³/mol. The lowest BCUT2D eigenvalue weighted by Crippen LogP contribution is -2.34. The van der Waals surface area contributed by atoms with Gasteiger partial charge in [0.15, 0.2) is 0 Å². The molecule has 168 valence electrons. The number of para-hydroxylation sites is 1. The molecule has 2 amide bonds. The lowest BCUT2D eigenvalue weighted by Gasteiger charge is -2.13. The van der Waals surface area contributed by atoms with Crippen molar-refractivity contribution in [3.05, 3.63) is 91.9 Å². The average Bonchev–Trinajstić information content (AvgIpc) is 2.75. The van der Waals surface area contributed by atoms with E-state index in [0.29, 0.717) is 32.6 Å². The van der Waals surface area contributed by atoms with Gasteiger partial charge in [-0.25, -0.2) is 22.9 Å². The Kier molecular flexibility index (Phi) is 6.37. The maximum atomic E-state index is 13.2. The van der Waals surface area contributed by atoms with Crippen LogP contribution < -0.4 is 15.6 Å². The number of carbonyl (C=O) groups excluding carboxylic acids is 1. The number of hydrogen-bond donors (Lipinski definition) is 2. The molecule has 8 nitrogen and oxygen atoms in total. The number of nitrogens with zero attached hydrogens (tertiary/aromatic N) is 2. The summed E-state index contributed by atoms with van der Waals surface area (Å²) in [5.41, 5.74) is 1.13. The third-order valence-corrected chi connectivity index (χ3v) is 7.13. The number of sulfonamides is 1. The third kappa shape index (κ3) is 4.85. The quantitative estimate of drug-likeness (QED) is 0.356. The molecule has 0 bridgehead atoms. The zero-order valence-electron chi connectivity index (χ0n) is 17.0. The first-order valence-electron chi connectivity index (χ1n) is 9.53. The number of anilines is 1. The molecule has 33 heavy (non-hydrogen) atoms. The summed E-state index contributed by atoms with van der Waals surface area (Å²) < 4.78 is 30.0. The van der Waals surface area contributed by atoms with Gasteiger partial charge in [-0.15, -0.1) is 0 Å². The van der Waals surface area contributed by atoms with Gasteiger partial charge < -0.3 is 5.32 Å². The van der Waals surface area contributed by atoms with E-state index in [-0.39, 0.29) is 10.5 Å². The van der Waals surface area contributed by atoms with Gasteiger partial charge in [0.05, 0.1) is 21.5 Å². The van der Waals surface area contributed by atoms with Crippen LogP contribution in [0.1, 0.15) is 5.82 Å². The molecule has 0 unspecified atom stereocenters. The minimum absolute atomic E-state index is 0.126. The number of urea groups is 1. The number of halogens is 2. The first-order chi connectivity index (χ1) is 15.7. The van der Waals surface area contributed by atoms with Crippen LogP contribution in [0.25, 0.3) is 16.6 Å². The van der Waals surface area contributed by atoms with E-state index in [9.17, 15) is 18.0 Å². The van der Waals surface area contributed by atoms with Crippen LogP contribution in [0, 0.1) is 6.92 Å². The van der Waals surface area contributed by atoms with E-state index in [1.807, 2.05) is 4.72 Å². The van der Waals surface area contributed by atoms with E-state index < -0.39 is 16.1 Å². The maximum absolute atomic E-state index is 13.2. The number of aromatic nitrogens is 2. The number of carbonyl (C=O) groups is 1. The zero-order valence-corrected chi connectivity index (χ0v) is 21.0. The largest absolute Gasteiger partial charge is 0.333 e. The van der Waals surface area contributed by atoms with Gasteiger partial charge in [0, 0.05) is 14.6 Å². The van der Waals surface area contributed by atoms with Gasteiger partial charge in [0.1, 0.15) is 5.82 Å². The molecule has 3 aromatic carbocycles. The van der Waals surface area contributed by atoms with Crippen LogP contribution in [0.2, 0.25) is 0 Å². The van der Waals surface area contributed by atoms with Gasteiger partial charge in [0.2, 0.25) is 0 Å². The normalized spacial score (nSPS) is 11.4. The minimum atomic E-state index is -4.12. The van der Waals surface area contributed by atoms with Crippen LogP contribution in [0.15, 0.2) is 85.4 Å². The average molecular weight is 592 g/mol. The number of hydrogen-bond acceptors (Lipinski definition) is 5. The number of fused-ring (bicyclic) bond motifs is 1. The smallest absolute Gasteiger partial charge is 0.307 e. The van der Waals surface area contributed by atoms with Gasteiger partial charge in [-0.05, 0) is 71.4 Å². The monoisotopic (exact) mass is 590 g/mol. The second kappa shape index (κ2) is 9.08. The van der Waals surface area contributed by atoms with E-state index in [0.717, 1.165) is 4.47 Å². The van der Waals surface area contributed by atoms with Gasteiger partial charge in [-0.3, -0.25) is 9.36 Å². The Morgan fingerprint density at radius 2 is 1.67 bits per heavy atom. The fraction of sp³-hybridized carbons (Fsp3) is 0.0455. The fourth-order valence-electron chi connectivity index (χ4n) is 3.26. The molecule has 0 saturated carbocycles. The summed E-state index contributed by atoms with van der Waals surface area (Å²) in [6, 6.07) is 16.7. The van der Waals surface area contributed by atoms with E-state index >= 15 is 0 Å². The Hall–Kier alpha value is -3.02. The van der Waals surface area contributed by atoms with Crippen molar-refractivity contribution in [2.75, 3.05) is 5.32 Å². The highest BCUT2D eigenvalue weighted by molar-refractivity contribution is 9.11. The summed E-state index contributed by atoms with van der Waals surface area (Å²) in [4.78, 5) is 29.6. The second-order valence-electron chi connectivity index (χ2n) is 7.00. The molecule has 2 N–H and O–H groups in total. The number of benzene rings is 3. The minimum Gasteiger partial charge on any atom is -0.307 e. The molecular formula is C22H16Br2N4O4S. The summed E-state index contributed by atoms with van der Waals surface area (Å²) >= 11 is 6.80. The van der Waals surface area contributed by atoms with Gasteiger partial charge >= 0.3 is 6.03 Å². The topological polar surface area (TPSA) is 110 Å². The highest BCUT2D eigenvalue weighted by atomic mass is 79.9. The number of aryl methyl sites for hydroxylation is 1. The number of amides is 2. The Morgan fingerprint density at radius 1 is 1.00 bits per heavy atom. The van der Waals surface area contributed by atoms with E-state index in [1.165, 1.54) is 28.8 Å². The van der Waals surface area contributed by atoms with E-state index in [2.05, 4.69) is 42.2 Å². The summed E-state index contributed by atoms with van der Waals surface area (Å²) in [5.74, 6) is 0.437. The second-order valence-corrected chi connectivity index (χ2v) is 10.5. The standard InChI is InChI=1S/C22H16Br2N4O4S/c1-13-25-20-18(11-14(23)12-19(20)24)21(29)28(13)16-7-9-17(10-8-16)33(31,32)27-22(30)26-15-5-3-2-4-6-15/h2-12H,1H3,(H2,26,27,30). The van der Waals surface area contributed by atoms with Crippen LogP contribution in [0.4, 0.5) is 10.5 Å². The molecule has 0 atom stereocenters. The lowest BCUT2D eigenvalue weighted by molar-refractivity contribution is 0.256. The van der Waals surface area contributed by atoms with E-state index in [1.54, 1.807) is 49.4 Å². The molecule has 0 spiro atoms. The Morgan fingerprint density at radius 3 is 2.33 bits per heavy atom. The highest BCUT2D eigenvalue weighted by Crippen LogP contribution is 2.26. The molecule has 11 heteroatoms. The summed E-state index contributed by atoms with van der Waals surface area (Å²) in [6.45, 7) is 1.69. The van der Waals surface area contributed by atoms with Crippen LogP contribution in [-0.2, 0) is 10.0 Å². The van der Waals surface area contributed by atoms with E-state index in [4.69, 9.17) is 0 Å². The Balaban J connectivity index is 1.64. The van der Waals surface area contributed by atoms with Crippen LogP contribution >= 0.6 is 31.9 Å². The van der Waals surface area contributed by atoms with Crippen molar-refractivity contribution >= 4 is 64.5 Å². The lowest BCUT2D eigenvalue weighted by atomic mass is 10.2. The molecule has 0 radical (unpaired) electrons. The summed E-state index contributed by atoms with van der Waals surface area (Å²) in [5, 5.41) is 2.86. The molecule has 1 aromatic heterocycles. The first-order valence-corrected chi connectivity index (χ1v) is 12.6. The molecule has 4 aromatic rings.